The highest BCUT2D eigenvalue weighted by atomic mass is 32.2. The lowest BCUT2D eigenvalue weighted by Crippen LogP contribution is -2.18. The van der Waals surface area contributed by atoms with Crippen molar-refractivity contribution in [3.63, 3.8) is 0 Å². The van der Waals surface area contributed by atoms with Crippen LogP contribution in [0, 0.1) is 0 Å². The van der Waals surface area contributed by atoms with Crippen LogP contribution in [0.4, 0.5) is 0 Å². The second kappa shape index (κ2) is 7.60. The lowest BCUT2D eigenvalue weighted by Gasteiger charge is -2.08. The van der Waals surface area contributed by atoms with Crippen LogP contribution in [0.25, 0.3) is 0 Å². The number of sulfonamides is 1. The average Bonchev–Trinajstić information content (AvgIpc) is 2.56. The Hall–Kier alpha value is -2.87. The normalized spacial score (nSPS) is 11.2. The molecule has 0 aliphatic rings. The smallest absolute Gasteiger partial charge is 0.308 e. The van der Waals surface area contributed by atoms with E-state index in [0.29, 0.717) is 11.3 Å². The Balaban J connectivity index is 2.23. The molecule has 0 amide bonds. The predicted molar refractivity (Wildman–Crippen MR) is 88.7 cm³/mol. The van der Waals surface area contributed by atoms with Crippen molar-refractivity contribution in [2.45, 2.75) is 11.8 Å². The number of carbonyl (C=O) groups excluding carboxylic acids is 1. The number of carbonyl (C=O) groups is 1. The van der Waals surface area contributed by atoms with E-state index in [2.05, 4.69) is 9.93 Å². The summed E-state index contributed by atoms with van der Waals surface area (Å²) < 4.78 is 34.3. The van der Waals surface area contributed by atoms with Crippen molar-refractivity contribution in [2.75, 3.05) is 7.11 Å². The SMILES string of the molecule is COc1ccc(OC(C)=O)c(/C=N\NS(=O)(=O)c2ccccc2)c1. The van der Waals surface area contributed by atoms with E-state index in [-0.39, 0.29) is 10.6 Å². The molecule has 1 N–H and O–H groups in total. The highest BCUT2D eigenvalue weighted by Crippen LogP contribution is 2.23. The topological polar surface area (TPSA) is 94.1 Å². The van der Waals surface area contributed by atoms with E-state index in [4.69, 9.17) is 9.47 Å². The van der Waals surface area contributed by atoms with Gasteiger partial charge < -0.3 is 9.47 Å². The third-order valence-corrected chi connectivity index (χ3v) is 4.14. The van der Waals surface area contributed by atoms with Gasteiger partial charge in [0.1, 0.15) is 11.5 Å². The third kappa shape index (κ3) is 4.56. The molecule has 0 atom stereocenters. The molecule has 0 saturated heterocycles. The summed E-state index contributed by atoms with van der Waals surface area (Å²) in [5, 5.41) is 3.72. The molecule has 0 bridgehead atoms. The second-order valence-corrected chi connectivity index (χ2v) is 6.32. The van der Waals surface area contributed by atoms with Crippen LogP contribution in [0.3, 0.4) is 0 Å². The molecule has 0 fully saturated rings. The van der Waals surface area contributed by atoms with Crippen molar-refractivity contribution >= 4 is 22.2 Å². The monoisotopic (exact) mass is 348 g/mol. The van der Waals surface area contributed by atoms with Crippen LogP contribution in [0.15, 0.2) is 58.5 Å². The fourth-order valence-corrected chi connectivity index (χ4v) is 2.63. The number of ether oxygens (including phenoxy) is 2. The minimum atomic E-state index is -3.77. The molecule has 126 valence electrons. The van der Waals surface area contributed by atoms with E-state index in [9.17, 15) is 13.2 Å². The number of hydrazone groups is 1. The van der Waals surface area contributed by atoms with Gasteiger partial charge in [0, 0.05) is 12.5 Å². The van der Waals surface area contributed by atoms with Gasteiger partial charge >= 0.3 is 5.97 Å². The van der Waals surface area contributed by atoms with Crippen molar-refractivity contribution in [3.8, 4) is 11.5 Å². The maximum Gasteiger partial charge on any atom is 0.308 e. The first-order valence-corrected chi connectivity index (χ1v) is 8.37. The lowest BCUT2D eigenvalue weighted by molar-refractivity contribution is -0.131. The molecular weight excluding hydrogens is 332 g/mol. The standard InChI is InChI=1S/C16H16N2O5S/c1-12(19)23-16-9-8-14(22-2)10-13(16)11-17-18-24(20,21)15-6-4-3-5-7-15/h3-11,18H,1-2H3/b17-11-. The van der Waals surface area contributed by atoms with Gasteiger partial charge in [-0.15, -0.1) is 0 Å². The quantitative estimate of drug-likeness (QED) is 0.373. The molecule has 7 nitrogen and oxygen atoms in total. The molecule has 2 rings (SSSR count). The van der Waals surface area contributed by atoms with E-state index in [1.807, 2.05) is 0 Å². The predicted octanol–water partition coefficient (Wildman–Crippen LogP) is 1.93. The minimum Gasteiger partial charge on any atom is -0.497 e. The number of methoxy groups -OCH3 is 1. The lowest BCUT2D eigenvalue weighted by atomic mass is 10.2. The average molecular weight is 348 g/mol. The molecule has 0 aromatic heterocycles. The molecule has 0 heterocycles. The van der Waals surface area contributed by atoms with E-state index >= 15 is 0 Å². The van der Waals surface area contributed by atoms with Crippen molar-refractivity contribution in [1.82, 2.24) is 4.83 Å². The van der Waals surface area contributed by atoms with Crippen LogP contribution >= 0.6 is 0 Å². The Morgan fingerprint density at radius 2 is 1.88 bits per heavy atom. The Morgan fingerprint density at radius 3 is 2.50 bits per heavy atom. The van der Waals surface area contributed by atoms with E-state index in [0.717, 1.165) is 0 Å². The van der Waals surface area contributed by atoms with Crippen molar-refractivity contribution < 1.29 is 22.7 Å². The number of rotatable bonds is 6. The van der Waals surface area contributed by atoms with Crippen LogP contribution in [-0.4, -0.2) is 27.7 Å². The summed E-state index contributed by atoms with van der Waals surface area (Å²) in [6.45, 7) is 1.27. The largest absolute Gasteiger partial charge is 0.497 e. The first kappa shape index (κ1) is 17.5. The Labute approximate surface area is 140 Å². The van der Waals surface area contributed by atoms with Gasteiger partial charge in [-0.05, 0) is 30.3 Å². The molecule has 8 heteroatoms. The number of hydrogen-bond donors (Lipinski definition) is 1. The fraction of sp³-hybridized carbons (Fsp3) is 0.125. The molecule has 0 unspecified atom stereocenters. The zero-order valence-electron chi connectivity index (χ0n) is 13.1. The summed E-state index contributed by atoms with van der Waals surface area (Å²) in [5.41, 5.74) is 0.389. The summed E-state index contributed by atoms with van der Waals surface area (Å²) in [6.07, 6.45) is 1.24. The van der Waals surface area contributed by atoms with Gasteiger partial charge in [0.2, 0.25) is 0 Å². The molecule has 0 spiro atoms. The third-order valence-electron chi connectivity index (χ3n) is 2.90. The van der Waals surface area contributed by atoms with E-state index < -0.39 is 16.0 Å². The molecule has 0 radical (unpaired) electrons. The number of hydrogen-bond acceptors (Lipinski definition) is 6. The van der Waals surface area contributed by atoms with Gasteiger partial charge in [0.25, 0.3) is 10.0 Å². The Morgan fingerprint density at radius 1 is 1.17 bits per heavy atom. The van der Waals surface area contributed by atoms with Gasteiger partial charge in [-0.3, -0.25) is 4.79 Å². The molecule has 2 aromatic carbocycles. The van der Waals surface area contributed by atoms with Crippen molar-refractivity contribution in [1.29, 1.82) is 0 Å². The number of nitrogens with one attached hydrogen (secondary N) is 1. The molecule has 2 aromatic rings. The van der Waals surface area contributed by atoms with Gasteiger partial charge in [-0.1, -0.05) is 18.2 Å². The molecule has 0 aliphatic heterocycles. The highest BCUT2D eigenvalue weighted by Gasteiger charge is 2.12. The number of nitrogens with zero attached hydrogens (tertiary/aromatic N) is 1. The number of esters is 1. The van der Waals surface area contributed by atoms with E-state index in [1.165, 1.54) is 38.4 Å². The van der Waals surface area contributed by atoms with Crippen LogP contribution in [0.1, 0.15) is 12.5 Å². The van der Waals surface area contributed by atoms with Crippen LogP contribution < -0.4 is 14.3 Å². The van der Waals surface area contributed by atoms with Gasteiger partial charge in [-0.2, -0.15) is 13.5 Å². The summed E-state index contributed by atoms with van der Waals surface area (Å²) in [5.74, 6) is 0.254. The summed E-state index contributed by atoms with van der Waals surface area (Å²) in [7, 11) is -2.28. The molecular formula is C16H16N2O5S. The van der Waals surface area contributed by atoms with Gasteiger partial charge in [0.05, 0.1) is 18.2 Å². The van der Waals surface area contributed by atoms with Gasteiger partial charge in [0.15, 0.2) is 0 Å². The zero-order valence-corrected chi connectivity index (χ0v) is 13.9. The number of benzene rings is 2. The summed E-state index contributed by atoms with van der Waals surface area (Å²) in [6, 6.07) is 12.6. The highest BCUT2D eigenvalue weighted by molar-refractivity contribution is 7.89. The van der Waals surface area contributed by atoms with Crippen LogP contribution in [0.2, 0.25) is 0 Å². The van der Waals surface area contributed by atoms with Crippen LogP contribution in [0.5, 0.6) is 11.5 Å². The second-order valence-electron chi connectivity index (χ2n) is 4.66. The molecule has 0 aliphatic carbocycles. The maximum atomic E-state index is 12.1. The first-order chi connectivity index (χ1) is 11.4. The van der Waals surface area contributed by atoms with Crippen LogP contribution in [-0.2, 0) is 14.8 Å². The van der Waals surface area contributed by atoms with E-state index in [1.54, 1.807) is 30.3 Å². The Bertz CT molecular complexity index is 848. The maximum absolute atomic E-state index is 12.1. The molecule has 0 saturated carbocycles. The summed E-state index contributed by atoms with van der Waals surface area (Å²) in [4.78, 5) is 13.3. The van der Waals surface area contributed by atoms with Crippen molar-refractivity contribution in [2.24, 2.45) is 5.10 Å². The van der Waals surface area contributed by atoms with Gasteiger partial charge in [-0.25, -0.2) is 4.83 Å². The fourth-order valence-electron chi connectivity index (χ4n) is 1.82. The molecule has 24 heavy (non-hydrogen) atoms. The first-order valence-electron chi connectivity index (χ1n) is 6.89. The minimum absolute atomic E-state index is 0.0907. The summed E-state index contributed by atoms with van der Waals surface area (Å²) >= 11 is 0. The van der Waals surface area contributed by atoms with Crippen molar-refractivity contribution in [3.05, 3.63) is 54.1 Å². The Kier molecular flexibility index (Phi) is 5.54. The zero-order chi connectivity index (χ0) is 17.6.